The first kappa shape index (κ1) is 27.8. The Morgan fingerprint density at radius 2 is 1.17 bits per heavy atom. The molecule has 144 valence electrons. The molecule has 2 heteroatoms. The van der Waals surface area contributed by atoms with Crippen LogP contribution in [0.2, 0.25) is 0 Å². The van der Waals surface area contributed by atoms with Gasteiger partial charge in [0.25, 0.3) is 0 Å². The Morgan fingerprint density at radius 1 is 0.739 bits per heavy atom. The van der Waals surface area contributed by atoms with Crippen LogP contribution in [0.3, 0.4) is 0 Å². The largest absolute Gasteiger partial charge is 0.237 e. The van der Waals surface area contributed by atoms with Crippen LogP contribution in [0.1, 0.15) is 108 Å². The van der Waals surface area contributed by atoms with E-state index in [2.05, 4.69) is 65.2 Å². The summed E-state index contributed by atoms with van der Waals surface area (Å²) in [5, 5.41) is 0. The van der Waals surface area contributed by atoms with Crippen molar-refractivity contribution in [2.75, 3.05) is 13.2 Å². The lowest BCUT2D eigenvalue weighted by Crippen LogP contribution is -2.09. The summed E-state index contributed by atoms with van der Waals surface area (Å²) in [6.07, 6.45) is 8.20. The van der Waals surface area contributed by atoms with Crippen molar-refractivity contribution in [2.45, 2.75) is 108 Å². The first-order valence-corrected chi connectivity index (χ1v) is 9.92. The fraction of sp³-hybridized carbons (Fsp3) is 1.00. The Balaban J connectivity index is -0.000000266. The smallest absolute Gasteiger partial charge is 0.0794 e. The molecule has 2 atom stereocenters. The summed E-state index contributed by atoms with van der Waals surface area (Å²) in [5.74, 6) is 1.85. The first-order chi connectivity index (χ1) is 10.7. The maximum absolute atomic E-state index is 4.48. The maximum Gasteiger partial charge on any atom is 0.0794 e. The average molecular weight is 333 g/mol. The summed E-state index contributed by atoms with van der Waals surface area (Å²) < 4.78 is 0. The van der Waals surface area contributed by atoms with Crippen molar-refractivity contribution < 1.29 is 9.78 Å². The minimum atomic E-state index is 0.523. The monoisotopic (exact) mass is 332 g/mol. The molecule has 0 radical (unpaired) electrons. The molecule has 0 saturated carbocycles. The van der Waals surface area contributed by atoms with Gasteiger partial charge >= 0.3 is 0 Å². The van der Waals surface area contributed by atoms with Crippen LogP contribution in [-0.2, 0) is 9.78 Å². The van der Waals surface area contributed by atoms with Gasteiger partial charge in [0.05, 0.1) is 13.2 Å². The SMILES string of the molecule is CCC(C)CC(C)(C)C.CCCCC(C)CC.CCOOCC. The van der Waals surface area contributed by atoms with Gasteiger partial charge in [-0.1, -0.05) is 87.5 Å². The first-order valence-electron chi connectivity index (χ1n) is 9.92. The van der Waals surface area contributed by atoms with Crippen molar-refractivity contribution >= 4 is 0 Å². The molecule has 0 aromatic carbocycles. The molecule has 0 N–H and O–H groups in total. The topological polar surface area (TPSA) is 18.5 Å². The third-order valence-electron chi connectivity index (χ3n) is 3.72. The minimum absolute atomic E-state index is 0.523. The zero-order valence-corrected chi connectivity index (χ0v) is 18.1. The number of hydrogen-bond acceptors (Lipinski definition) is 2. The molecule has 0 aromatic rings. The highest BCUT2D eigenvalue weighted by molar-refractivity contribution is 4.64. The third kappa shape index (κ3) is 34.3. The molecule has 2 nitrogen and oxygen atoms in total. The van der Waals surface area contributed by atoms with Crippen LogP contribution < -0.4 is 0 Å². The van der Waals surface area contributed by atoms with Gasteiger partial charge in [0.15, 0.2) is 0 Å². The van der Waals surface area contributed by atoms with Gasteiger partial charge in [0, 0.05) is 0 Å². The molecule has 0 amide bonds. The Labute approximate surface area is 148 Å². The van der Waals surface area contributed by atoms with Crippen LogP contribution in [0.4, 0.5) is 0 Å². The molecular formula is C21H48O2. The molecular weight excluding hydrogens is 284 g/mol. The molecule has 0 saturated heterocycles. The van der Waals surface area contributed by atoms with Gasteiger partial charge in [-0.05, 0) is 37.5 Å². The number of unbranched alkanes of at least 4 members (excludes halogenated alkanes) is 1. The predicted molar refractivity (Wildman–Crippen MR) is 106 cm³/mol. The zero-order chi connectivity index (χ0) is 18.7. The van der Waals surface area contributed by atoms with Gasteiger partial charge in [0.1, 0.15) is 0 Å². The van der Waals surface area contributed by atoms with E-state index in [4.69, 9.17) is 0 Å². The fourth-order valence-corrected chi connectivity index (χ4v) is 2.11. The van der Waals surface area contributed by atoms with Gasteiger partial charge < -0.3 is 0 Å². The van der Waals surface area contributed by atoms with Crippen LogP contribution in [0, 0.1) is 17.3 Å². The lowest BCUT2D eigenvalue weighted by molar-refractivity contribution is -0.287. The van der Waals surface area contributed by atoms with E-state index in [1.807, 2.05) is 13.8 Å². The van der Waals surface area contributed by atoms with Crippen molar-refractivity contribution in [3.63, 3.8) is 0 Å². The highest BCUT2D eigenvalue weighted by Gasteiger charge is 2.13. The quantitative estimate of drug-likeness (QED) is 0.245. The highest BCUT2D eigenvalue weighted by Crippen LogP contribution is 2.25. The summed E-state index contributed by atoms with van der Waals surface area (Å²) in [5.41, 5.74) is 0.523. The molecule has 0 spiro atoms. The van der Waals surface area contributed by atoms with Crippen molar-refractivity contribution in [1.82, 2.24) is 0 Å². The summed E-state index contributed by atoms with van der Waals surface area (Å²) >= 11 is 0. The van der Waals surface area contributed by atoms with Crippen LogP contribution in [0.25, 0.3) is 0 Å². The lowest BCUT2D eigenvalue weighted by Gasteiger charge is -2.21. The van der Waals surface area contributed by atoms with Crippen molar-refractivity contribution in [3.05, 3.63) is 0 Å². The van der Waals surface area contributed by atoms with E-state index in [9.17, 15) is 0 Å². The van der Waals surface area contributed by atoms with Crippen LogP contribution in [0.15, 0.2) is 0 Å². The van der Waals surface area contributed by atoms with E-state index < -0.39 is 0 Å². The van der Waals surface area contributed by atoms with E-state index >= 15 is 0 Å². The molecule has 0 rings (SSSR count). The van der Waals surface area contributed by atoms with Crippen LogP contribution >= 0.6 is 0 Å². The van der Waals surface area contributed by atoms with Crippen molar-refractivity contribution in [3.8, 4) is 0 Å². The number of hydrogen-bond donors (Lipinski definition) is 0. The van der Waals surface area contributed by atoms with E-state index in [-0.39, 0.29) is 0 Å². The highest BCUT2D eigenvalue weighted by atomic mass is 17.2. The van der Waals surface area contributed by atoms with E-state index in [0.717, 1.165) is 11.8 Å². The van der Waals surface area contributed by atoms with E-state index in [1.54, 1.807) is 0 Å². The Bertz CT molecular complexity index is 193. The van der Waals surface area contributed by atoms with Gasteiger partial charge in [-0.3, -0.25) is 0 Å². The summed E-state index contributed by atoms with van der Waals surface area (Å²) in [4.78, 5) is 8.97. The second-order valence-electron chi connectivity index (χ2n) is 7.75. The minimum Gasteiger partial charge on any atom is -0.237 e. The van der Waals surface area contributed by atoms with Crippen LogP contribution in [-0.4, -0.2) is 13.2 Å². The molecule has 0 bridgehead atoms. The van der Waals surface area contributed by atoms with Crippen molar-refractivity contribution in [2.24, 2.45) is 17.3 Å². The zero-order valence-electron chi connectivity index (χ0n) is 18.1. The molecule has 2 unspecified atom stereocenters. The lowest BCUT2D eigenvalue weighted by atomic mass is 9.84. The Morgan fingerprint density at radius 3 is 1.39 bits per heavy atom. The summed E-state index contributed by atoms with van der Waals surface area (Å²) in [6, 6.07) is 0. The Hall–Kier alpha value is -0.0800. The fourth-order valence-electron chi connectivity index (χ4n) is 2.11. The normalized spacial score (nSPS) is 13.3. The Kier molecular flexibility index (Phi) is 24.1. The van der Waals surface area contributed by atoms with Crippen molar-refractivity contribution in [1.29, 1.82) is 0 Å². The third-order valence-corrected chi connectivity index (χ3v) is 3.72. The average Bonchev–Trinajstić information content (AvgIpc) is 2.50. The van der Waals surface area contributed by atoms with E-state index in [1.165, 1.54) is 38.5 Å². The molecule has 0 fully saturated rings. The predicted octanol–water partition coefficient (Wildman–Crippen LogP) is 7.67. The van der Waals surface area contributed by atoms with Gasteiger partial charge in [-0.2, -0.15) is 0 Å². The molecule has 0 aromatic heterocycles. The standard InChI is InChI=1S/C9H20.C8H18.C4H10O2/c1-6-8(2)7-9(3,4)5;1-4-6-7-8(3)5-2;1-3-5-6-4-2/h8H,6-7H2,1-5H3;8H,4-7H2,1-3H3;3-4H2,1-2H3. The van der Waals surface area contributed by atoms with Gasteiger partial charge in [-0.15, -0.1) is 0 Å². The molecule has 0 aliphatic carbocycles. The second-order valence-corrected chi connectivity index (χ2v) is 7.75. The van der Waals surface area contributed by atoms with E-state index in [0.29, 0.717) is 18.6 Å². The summed E-state index contributed by atoms with van der Waals surface area (Å²) in [7, 11) is 0. The number of rotatable bonds is 9. The molecule has 0 aliphatic heterocycles. The van der Waals surface area contributed by atoms with Gasteiger partial charge in [-0.25, -0.2) is 9.78 Å². The summed E-state index contributed by atoms with van der Waals surface area (Å²) in [6.45, 7) is 23.4. The van der Waals surface area contributed by atoms with Gasteiger partial charge in [0.2, 0.25) is 0 Å². The molecule has 23 heavy (non-hydrogen) atoms. The molecule has 0 heterocycles. The second kappa shape index (κ2) is 20.0. The molecule has 0 aliphatic rings. The maximum atomic E-state index is 4.48. The van der Waals surface area contributed by atoms with Crippen LogP contribution in [0.5, 0.6) is 0 Å².